The number of pyridine rings is 1. The summed E-state index contributed by atoms with van der Waals surface area (Å²) in [6.45, 7) is 6.00. The minimum absolute atomic E-state index is 0.734. The molecule has 3 heteroatoms. The maximum Gasteiger partial charge on any atom is 0.218 e. The van der Waals surface area contributed by atoms with Crippen molar-refractivity contribution in [3.63, 3.8) is 0 Å². The summed E-state index contributed by atoms with van der Waals surface area (Å²) in [4.78, 5) is 7.05. The largest absolute Gasteiger partial charge is 0.476 e. The van der Waals surface area contributed by atoms with E-state index in [1.807, 2.05) is 12.1 Å². The first-order valence-electron chi connectivity index (χ1n) is 6.60. The summed E-state index contributed by atoms with van der Waals surface area (Å²) in [5, 5.41) is 1.19. The Balaban J connectivity index is 2.00. The number of hydrogen-bond acceptors (Lipinski definition) is 3. The molecule has 3 nitrogen and oxygen atoms in total. The Morgan fingerprint density at radius 2 is 2.22 bits per heavy atom. The second kappa shape index (κ2) is 4.94. The van der Waals surface area contributed by atoms with Gasteiger partial charge in [0.05, 0.1) is 5.52 Å². The highest BCUT2D eigenvalue weighted by molar-refractivity contribution is 5.80. The van der Waals surface area contributed by atoms with E-state index < -0.39 is 0 Å². The van der Waals surface area contributed by atoms with Crippen LogP contribution in [0.2, 0.25) is 0 Å². The van der Waals surface area contributed by atoms with Crippen molar-refractivity contribution in [1.29, 1.82) is 0 Å². The molecule has 0 saturated carbocycles. The molecular weight excluding hydrogens is 224 g/mol. The van der Waals surface area contributed by atoms with Crippen molar-refractivity contribution in [2.24, 2.45) is 0 Å². The summed E-state index contributed by atoms with van der Waals surface area (Å²) in [6.07, 6.45) is 1.18. The molecule has 0 bridgehead atoms. The Hall–Kier alpha value is -1.61. The molecule has 0 amide bonds. The zero-order chi connectivity index (χ0) is 12.4. The highest BCUT2D eigenvalue weighted by Crippen LogP contribution is 2.25. The van der Waals surface area contributed by atoms with Crippen molar-refractivity contribution in [2.75, 3.05) is 19.7 Å². The van der Waals surface area contributed by atoms with Crippen molar-refractivity contribution >= 4 is 10.9 Å². The fourth-order valence-electron chi connectivity index (χ4n) is 2.48. The number of para-hydroxylation sites is 1. The molecule has 0 aliphatic carbocycles. The molecule has 0 unspecified atom stereocenters. The van der Waals surface area contributed by atoms with Crippen LogP contribution in [0.3, 0.4) is 0 Å². The van der Waals surface area contributed by atoms with Gasteiger partial charge in [0.2, 0.25) is 5.88 Å². The number of benzene rings is 1. The predicted octanol–water partition coefficient (Wildman–Crippen LogP) is 2.84. The lowest BCUT2D eigenvalue weighted by molar-refractivity contribution is 0.224. The van der Waals surface area contributed by atoms with Crippen LogP contribution < -0.4 is 4.74 Å². The first-order chi connectivity index (χ1) is 8.86. The van der Waals surface area contributed by atoms with E-state index in [1.165, 1.54) is 17.4 Å². The Labute approximate surface area is 107 Å². The smallest absolute Gasteiger partial charge is 0.218 e. The van der Waals surface area contributed by atoms with Gasteiger partial charge in [0.15, 0.2) is 0 Å². The summed E-state index contributed by atoms with van der Waals surface area (Å²) in [5.41, 5.74) is 2.22. The van der Waals surface area contributed by atoms with Crippen LogP contribution in [0.5, 0.6) is 5.88 Å². The van der Waals surface area contributed by atoms with Crippen LogP contribution in [0, 0.1) is 0 Å². The van der Waals surface area contributed by atoms with E-state index in [2.05, 4.69) is 35.0 Å². The molecule has 0 spiro atoms. The van der Waals surface area contributed by atoms with Crippen LogP contribution in [0.25, 0.3) is 10.9 Å². The van der Waals surface area contributed by atoms with E-state index in [1.54, 1.807) is 0 Å². The van der Waals surface area contributed by atoms with Crippen LogP contribution in [0.1, 0.15) is 18.9 Å². The molecule has 0 atom stereocenters. The lowest BCUT2D eigenvalue weighted by atomic mass is 10.1. The third kappa shape index (κ3) is 2.18. The molecule has 0 fully saturated rings. The van der Waals surface area contributed by atoms with Crippen LogP contribution in [0.4, 0.5) is 0 Å². The molecule has 1 aliphatic rings. The van der Waals surface area contributed by atoms with Gasteiger partial charge in [-0.2, -0.15) is 0 Å². The molecule has 0 radical (unpaired) electrons. The fourth-order valence-corrected chi connectivity index (χ4v) is 2.48. The summed E-state index contributed by atoms with van der Waals surface area (Å²) < 4.78 is 5.78. The third-order valence-electron chi connectivity index (χ3n) is 3.34. The normalized spacial score (nSPS) is 16.1. The number of ether oxygens (including phenoxy) is 1. The van der Waals surface area contributed by atoms with E-state index in [4.69, 9.17) is 4.74 Å². The SMILES string of the molecule is CCCN1CCOc2nc3ccccc3cc2C1. The fraction of sp³-hybridized carbons (Fsp3) is 0.400. The maximum atomic E-state index is 5.78. The van der Waals surface area contributed by atoms with Crippen LogP contribution in [-0.2, 0) is 6.54 Å². The zero-order valence-corrected chi connectivity index (χ0v) is 10.7. The minimum atomic E-state index is 0.734. The molecule has 1 aromatic carbocycles. The maximum absolute atomic E-state index is 5.78. The van der Waals surface area contributed by atoms with E-state index in [-0.39, 0.29) is 0 Å². The van der Waals surface area contributed by atoms with Gasteiger partial charge in [-0.05, 0) is 25.1 Å². The zero-order valence-electron chi connectivity index (χ0n) is 10.7. The minimum Gasteiger partial charge on any atom is -0.476 e. The second-order valence-corrected chi connectivity index (χ2v) is 4.77. The first-order valence-corrected chi connectivity index (χ1v) is 6.60. The van der Waals surface area contributed by atoms with Gasteiger partial charge in [-0.25, -0.2) is 4.98 Å². The van der Waals surface area contributed by atoms with Gasteiger partial charge in [0, 0.05) is 24.0 Å². The molecular formula is C15H18N2O. The Morgan fingerprint density at radius 3 is 3.11 bits per heavy atom. The van der Waals surface area contributed by atoms with Crippen LogP contribution in [0.15, 0.2) is 30.3 Å². The number of hydrogen-bond donors (Lipinski definition) is 0. The van der Waals surface area contributed by atoms with Gasteiger partial charge < -0.3 is 4.74 Å². The van der Waals surface area contributed by atoms with Crippen molar-refractivity contribution in [1.82, 2.24) is 9.88 Å². The van der Waals surface area contributed by atoms with Gasteiger partial charge in [0.25, 0.3) is 0 Å². The van der Waals surface area contributed by atoms with Gasteiger partial charge in [0.1, 0.15) is 6.61 Å². The van der Waals surface area contributed by atoms with Crippen LogP contribution >= 0.6 is 0 Å². The molecule has 0 N–H and O–H groups in total. The number of rotatable bonds is 2. The standard InChI is InChI=1S/C15H18N2O/c1-2-7-17-8-9-18-15-13(11-17)10-12-5-3-4-6-14(12)16-15/h3-6,10H,2,7-9,11H2,1H3. The Morgan fingerprint density at radius 1 is 1.33 bits per heavy atom. The van der Waals surface area contributed by atoms with Gasteiger partial charge in [-0.15, -0.1) is 0 Å². The number of aromatic nitrogens is 1. The molecule has 1 aromatic heterocycles. The monoisotopic (exact) mass is 242 g/mol. The summed E-state index contributed by atoms with van der Waals surface area (Å²) in [6, 6.07) is 10.4. The van der Waals surface area contributed by atoms with Gasteiger partial charge in [-0.1, -0.05) is 25.1 Å². The Kier molecular flexibility index (Phi) is 3.15. The van der Waals surface area contributed by atoms with E-state index in [0.717, 1.165) is 37.6 Å². The van der Waals surface area contributed by atoms with E-state index >= 15 is 0 Å². The molecule has 1 aliphatic heterocycles. The molecule has 2 aromatic rings. The lowest BCUT2D eigenvalue weighted by Crippen LogP contribution is -2.26. The van der Waals surface area contributed by atoms with Crippen molar-refractivity contribution in [3.8, 4) is 5.88 Å². The van der Waals surface area contributed by atoms with Gasteiger partial charge in [-0.3, -0.25) is 4.90 Å². The van der Waals surface area contributed by atoms with Crippen LogP contribution in [-0.4, -0.2) is 29.6 Å². The van der Waals surface area contributed by atoms with E-state index in [9.17, 15) is 0 Å². The molecule has 18 heavy (non-hydrogen) atoms. The number of fused-ring (bicyclic) bond motifs is 2. The first kappa shape index (κ1) is 11.5. The predicted molar refractivity (Wildman–Crippen MR) is 72.8 cm³/mol. The van der Waals surface area contributed by atoms with Gasteiger partial charge >= 0.3 is 0 Å². The lowest BCUT2D eigenvalue weighted by Gasteiger charge is -2.17. The highest BCUT2D eigenvalue weighted by Gasteiger charge is 2.16. The number of nitrogens with zero attached hydrogens (tertiary/aromatic N) is 2. The summed E-state index contributed by atoms with van der Waals surface area (Å²) in [5.74, 6) is 0.812. The molecule has 2 heterocycles. The Bertz CT molecular complexity index is 553. The van der Waals surface area contributed by atoms with Crippen molar-refractivity contribution < 1.29 is 4.74 Å². The topological polar surface area (TPSA) is 25.4 Å². The van der Waals surface area contributed by atoms with Crippen molar-refractivity contribution in [2.45, 2.75) is 19.9 Å². The highest BCUT2D eigenvalue weighted by atomic mass is 16.5. The third-order valence-corrected chi connectivity index (χ3v) is 3.34. The average molecular weight is 242 g/mol. The average Bonchev–Trinajstić information content (AvgIpc) is 2.58. The quantitative estimate of drug-likeness (QED) is 0.809. The summed E-state index contributed by atoms with van der Waals surface area (Å²) in [7, 11) is 0. The molecule has 0 saturated heterocycles. The second-order valence-electron chi connectivity index (χ2n) is 4.77. The van der Waals surface area contributed by atoms with E-state index in [0.29, 0.717) is 0 Å². The molecule has 94 valence electrons. The van der Waals surface area contributed by atoms with Crippen molar-refractivity contribution in [3.05, 3.63) is 35.9 Å². The summed E-state index contributed by atoms with van der Waals surface area (Å²) >= 11 is 0. The molecule has 3 rings (SSSR count).